The first kappa shape index (κ1) is 15.9. The van der Waals surface area contributed by atoms with Crippen molar-refractivity contribution in [3.8, 4) is 0 Å². The predicted octanol–water partition coefficient (Wildman–Crippen LogP) is 1.70. The second kappa shape index (κ2) is 6.11. The van der Waals surface area contributed by atoms with Crippen LogP contribution in [-0.4, -0.2) is 33.7 Å². The first-order valence-corrected chi connectivity index (χ1v) is 8.97. The lowest BCUT2D eigenvalue weighted by Crippen LogP contribution is -2.46. The van der Waals surface area contributed by atoms with Crippen molar-refractivity contribution in [1.82, 2.24) is 10.0 Å². The van der Waals surface area contributed by atoms with Crippen molar-refractivity contribution in [2.24, 2.45) is 0 Å². The number of rotatable bonds is 8. The van der Waals surface area contributed by atoms with Gasteiger partial charge < -0.3 is 10.1 Å². The van der Waals surface area contributed by atoms with Gasteiger partial charge in [-0.2, -0.15) is 0 Å². The van der Waals surface area contributed by atoms with Crippen LogP contribution in [0.2, 0.25) is 0 Å². The lowest BCUT2D eigenvalue weighted by atomic mass is 10.1. The molecule has 0 radical (unpaired) electrons. The fourth-order valence-corrected chi connectivity index (χ4v) is 4.64. The summed E-state index contributed by atoms with van der Waals surface area (Å²) < 4.78 is 32.7. The summed E-state index contributed by atoms with van der Waals surface area (Å²) in [5, 5.41) is 3.38. The zero-order valence-electron chi connectivity index (χ0n) is 12.1. The second-order valence-electron chi connectivity index (χ2n) is 5.80. The number of thiophene rings is 1. The highest BCUT2D eigenvalue weighted by Crippen LogP contribution is 2.25. The van der Waals surface area contributed by atoms with Gasteiger partial charge in [0.05, 0.1) is 12.1 Å². The second-order valence-corrected chi connectivity index (χ2v) is 8.88. The van der Waals surface area contributed by atoms with E-state index in [1.54, 1.807) is 27.0 Å². The molecule has 0 aliphatic heterocycles. The van der Waals surface area contributed by atoms with Gasteiger partial charge in [0.15, 0.2) is 0 Å². The number of sulfonamides is 1. The van der Waals surface area contributed by atoms with E-state index in [0.29, 0.717) is 16.9 Å². The molecular formula is C13H22N2O3S2. The van der Waals surface area contributed by atoms with Gasteiger partial charge in [-0.15, -0.1) is 11.3 Å². The Bertz CT molecular complexity index is 548. The van der Waals surface area contributed by atoms with Crippen LogP contribution in [0.15, 0.2) is 16.3 Å². The smallest absolute Gasteiger partial charge is 0.250 e. The van der Waals surface area contributed by atoms with E-state index in [1.807, 2.05) is 6.07 Å². The highest BCUT2D eigenvalue weighted by molar-refractivity contribution is 7.91. The third-order valence-electron chi connectivity index (χ3n) is 2.96. The summed E-state index contributed by atoms with van der Waals surface area (Å²) in [5.41, 5.74) is -0.621. The lowest BCUT2D eigenvalue weighted by molar-refractivity contribution is 0.141. The maximum Gasteiger partial charge on any atom is 0.250 e. The fourth-order valence-electron chi connectivity index (χ4n) is 1.93. The van der Waals surface area contributed by atoms with E-state index in [1.165, 1.54) is 24.2 Å². The van der Waals surface area contributed by atoms with Crippen molar-refractivity contribution in [3.63, 3.8) is 0 Å². The molecule has 0 amide bonds. The van der Waals surface area contributed by atoms with Gasteiger partial charge >= 0.3 is 0 Å². The number of hydrogen-bond donors (Lipinski definition) is 2. The molecule has 1 saturated carbocycles. The molecule has 1 aliphatic rings. The Kier molecular flexibility index (Phi) is 4.86. The standard InChI is InChI=1S/C13H22N2O3S2/c1-13(2,9-18-3)15-20(16,17)12-7-6-11(19-12)8-14-10-4-5-10/h6-7,10,14-15H,4-5,8-9H2,1-3H3. The van der Waals surface area contributed by atoms with E-state index in [2.05, 4.69) is 10.0 Å². The van der Waals surface area contributed by atoms with Crippen LogP contribution in [0.5, 0.6) is 0 Å². The van der Waals surface area contributed by atoms with Crippen LogP contribution < -0.4 is 10.0 Å². The Morgan fingerprint density at radius 2 is 2.10 bits per heavy atom. The fraction of sp³-hybridized carbons (Fsp3) is 0.692. The lowest BCUT2D eigenvalue weighted by Gasteiger charge is -2.24. The molecule has 0 unspecified atom stereocenters. The quantitative estimate of drug-likeness (QED) is 0.765. The molecule has 0 saturated heterocycles. The largest absolute Gasteiger partial charge is 0.383 e. The minimum Gasteiger partial charge on any atom is -0.383 e. The van der Waals surface area contributed by atoms with Crippen molar-refractivity contribution < 1.29 is 13.2 Å². The van der Waals surface area contributed by atoms with E-state index < -0.39 is 15.6 Å². The third-order valence-corrected chi connectivity index (χ3v) is 6.24. The van der Waals surface area contributed by atoms with Crippen LogP contribution in [0.4, 0.5) is 0 Å². The maximum atomic E-state index is 12.3. The van der Waals surface area contributed by atoms with Gasteiger partial charge in [0.25, 0.3) is 10.0 Å². The van der Waals surface area contributed by atoms with E-state index in [0.717, 1.165) is 11.4 Å². The summed E-state index contributed by atoms with van der Waals surface area (Å²) >= 11 is 1.31. The monoisotopic (exact) mass is 318 g/mol. The molecule has 1 aliphatic carbocycles. The zero-order chi connectivity index (χ0) is 14.8. The van der Waals surface area contributed by atoms with Gasteiger partial charge in [-0.3, -0.25) is 0 Å². The molecule has 1 fully saturated rings. The Morgan fingerprint density at radius 3 is 2.70 bits per heavy atom. The molecule has 5 nitrogen and oxygen atoms in total. The Morgan fingerprint density at radius 1 is 1.40 bits per heavy atom. The molecule has 114 valence electrons. The molecule has 20 heavy (non-hydrogen) atoms. The minimum atomic E-state index is -3.48. The minimum absolute atomic E-state index is 0.327. The van der Waals surface area contributed by atoms with E-state index in [4.69, 9.17) is 4.74 Å². The molecule has 1 heterocycles. The Labute approximate surface area is 124 Å². The number of methoxy groups -OCH3 is 1. The van der Waals surface area contributed by atoms with Crippen LogP contribution in [0, 0.1) is 0 Å². The zero-order valence-corrected chi connectivity index (χ0v) is 13.7. The van der Waals surface area contributed by atoms with Crippen molar-refractivity contribution in [2.75, 3.05) is 13.7 Å². The molecule has 0 spiro atoms. The van der Waals surface area contributed by atoms with Gasteiger partial charge in [0.2, 0.25) is 0 Å². The molecule has 0 bridgehead atoms. The topological polar surface area (TPSA) is 67.4 Å². The summed E-state index contributed by atoms with van der Waals surface area (Å²) in [6.45, 7) is 4.68. The van der Waals surface area contributed by atoms with Crippen LogP contribution in [-0.2, 0) is 21.3 Å². The predicted molar refractivity (Wildman–Crippen MR) is 80.5 cm³/mol. The average Bonchev–Trinajstić information content (AvgIpc) is 3.01. The van der Waals surface area contributed by atoms with Crippen LogP contribution in [0.1, 0.15) is 31.6 Å². The number of nitrogens with one attached hydrogen (secondary N) is 2. The maximum absolute atomic E-state index is 12.3. The molecule has 0 aromatic carbocycles. The molecule has 1 aromatic heterocycles. The van der Waals surface area contributed by atoms with Gasteiger partial charge in [-0.05, 0) is 38.8 Å². The van der Waals surface area contributed by atoms with Crippen LogP contribution in [0.25, 0.3) is 0 Å². The molecule has 7 heteroatoms. The summed E-state index contributed by atoms with van der Waals surface area (Å²) in [7, 11) is -1.92. The van der Waals surface area contributed by atoms with Crippen molar-refractivity contribution in [1.29, 1.82) is 0 Å². The van der Waals surface area contributed by atoms with Crippen molar-refractivity contribution >= 4 is 21.4 Å². The van der Waals surface area contributed by atoms with Gasteiger partial charge in [-0.25, -0.2) is 13.1 Å². The van der Waals surface area contributed by atoms with Crippen LogP contribution in [0.3, 0.4) is 0 Å². The van der Waals surface area contributed by atoms with E-state index >= 15 is 0 Å². The van der Waals surface area contributed by atoms with Gasteiger partial charge in [-0.1, -0.05) is 0 Å². The molecular weight excluding hydrogens is 296 g/mol. The Balaban J connectivity index is 2.01. The first-order chi connectivity index (χ1) is 9.32. The third kappa shape index (κ3) is 4.53. The summed E-state index contributed by atoms with van der Waals surface area (Å²) in [6, 6.07) is 4.16. The average molecular weight is 318 g/mol. The van der Waals surface area contributed by atoms with Gasteiger partial charge in [0.1, 0.15) is 4.21 Å². The molecule has 0 atom stereocenters. The Hall–Kier alpha value is -0.470. The summed E-state index contributed by atoms with van der Waals surface area (Å²) in [6.07, 6.45) is 2.45. The highest BCUT2D eigenvalue weighted by atomic mass is 32.2. The van der Waals surface area contributed by atoms with Gasteiger partial charge in [0, 0.05) is 24.6 Å². The SMILES string of the molecule is COCC(C)(C)NS(=O)(=O)c1ccc(CNC2CC2)s1. The number of ether oxygens (including phenoxy) is 1. The normalized spacial score (nSPS) is 16.6. The summed E-state index contributed by atoms with van der Waals surface area (Å²) in [4.78, 5) is 1.04. The summed E-state index contributed by atoms with van der Waals surface area (Å²) in [5.74, 6) is 0. The van der Waals surface area contributed by atoms with Crippen LogP contribution >= 0.6 is 11.3 Å². The molecule has 2 rings (SSSR count). The molecule has 2 N–H and O–H groups in total. The van der Waals surface area contributed by atoms with E-state index in [-0.39, 0.29) is 0 Å². The van der Waals surface area contributed by atoms with Crippen molar-refractivity contribution in [2.45, 2.75) is 49.0 Å². The highest BCUT2D eigenvalue weighted by Gasteiger charge is 2.27. The van der Waals surface area contributed by atoms with E-state index in [9.17, 15) is 8.42 Å². The van der Waals surface area contributed by atoms with Crippen molar-refractivity contribution in [3.05, 3.63) is 17.0 Å². The molecule has 1 aromatic rings. The first-order valence-electron chi connectivity index (χ1n) is 6.67. The number of hydrogen-bond acceptors (Lipinski definition) is 5.